The summed E-state index contributed by atoms with van der Waals surface area (Å²) in [6.07, 6.45) is 8.94. The van der Waals surface area contributed by atoms with Crippen LogP contribution in [-0.2, 0) is 23.2 Å². The van der Waals surface area contributed by atoms with E-state index in [1.807, 2.05) is 0 Å². The van der Waals surface area contributed by atoms with Crippen LogP contribution in [0.1, 0.15) is 75.1 Å². The van der Waals surface area contributed by atoms with Crippen molar-refractivity contribution in [3.05, 3.63) is 154 Å². The van der Waals surface area contributed by atoms with Gasteiger partial charge in [0.25, 0.3) is 0 Å². The molecule has 49 heavy (non-hydrogen) atoms. The number of hydrogen-bond acceptors (Lipinski definition) is 0. The molecule has 0 aromatic heterocycles. The van der Waals surface area contributed by atoms with Gasteiger partial charge < -0.3 is 24.8 Å². The van der Waals surface area contributed by atoms with Crippen molar-refractivity contribution in [2.24, 2.45) is 5.92 Å². The minimum absolute atomic E-state index is 0. The van der Waals surface area contributed by atoms with Crippen molar-refractivity contribution in [1.29, 1.82) is 0 Å². The first-order valence-electron chi connectivity index (χ1n) is 17.5. The quantitative estimate of drug-likeness (QED) is 0.155. The molecule has 8 rings (SSSR count). The van der Waals surface area contributed by atoms with Crippen LogP contribution in [0.15, 0.2) is 126 Å². The molecule has 6 aromatic rings. The predicted octanol–water partition coefficient (Wildman–Crippen LogP) is 7.15. The summed E-state index contributed by atoms with van der Waals surface area (Å²) in [6.45, 7) is 9.55. The molecule has 0 spiro atoms. The number of allylic oxidation sites excluding steroid dienone is 2. The summed E-state index contributed by atoms with van der Waals surface area (Å²) >= 11 is -1.04. The zero-order valence-electron chi connectivity index (χ0n) is 28.7. The number of aryl methyl sites for hydroxylation is 1. The van der Waals surface area contributed by atoms with Gasteiger partial charge in [0.2, 0.25) is 0 Å². The molecule has 0 amide bonds. The van der Waals surface area contributed by atoms with Gasteiger partial charge >= 0.3 is 294 Å². The smallest absolute Gasteiger partial charge is 1.00 e. The predicted molar refractivity (Wildman–Crippen MR) is 199 cm³/mol. The molecule has 244 valence electrons. The monoisotopic (exact) mass is 754 g/mol. The number of hydrogen-bond donors (Lipinski definition) is 0. The number of halogens is 2. The molecule has 6 aromatic carbocycles. The molecule has 0 bridgehead atoms. The maximum Gasteiger partial charge on any atom is -1.00 e. The van der Waals surface area contributed by atoms with Crippen LogP contribution in [0.3, 0.4) is 0 Å². The third kappa shape index (κ3) is 6.22. The Hall–Kier alpha value is -3.22. The summed E-state index contributed by atoms with van der Waals surface area (Å²) in [7, 11) is 0. The Balaban J connectivity index is 0.00000208. The van der Waals surface area contributed by atoms with Crippen molar-refractivity contribution >= 4 is 33.7 Å². The van der Waals surface area contributed by atoms with E-state index in [9.17, 15) is 0 Å². The summed E-state index contributed by atoms with van der Waals surface area (Å²) < 4.78 is 1.16. The van der Waals surface area contributed by atoms with E-state index in [2.05, 4.69) is 155 Å². The van der Waals surface area contributed by atoms with Crippen LogP contribution >= 0.6 is 0 Å². The molecule has 0 N–H and O–H groups in total. The van der Waals surface area contributed by atoms with Gasteiger partial charge in [-0.15, -0.1) is 0 Å². The van der Waals surface area contributed by atoms with Crippen LogP contribution < -0.4 is 24.8 Å². The fourth-order valence-corrected chi connectivity index (χ4v) is 13.9. The Morgan fingerprint density at radius 2 is 1.14 bits per heavy atom. The van der Waals surface area contributed by atoms with E-state index in [4.69, 9.17) is 0 Å². The largest absolute Gasteiger partial charge is 1.00 e. The molecule has 3 heteroatoms. The summed E-state index contributed by atoms with van der Waals surface area (Å²) in [6, 6.07) is 43.3. The Morgan fingerprint density at radius 3 is 1.78 bits per heavy atom. The minimum atomic E-state index is -1.04. The normalized spacial score (nSPS) is 16.6. The molecule has 3 unspecified atom stereocenters. The molecule has 0 aliphatic heterocycles. The van der Waals surface area contributed by atoms with Crippen LogP contribution in [0, 0.1) is 12.8 Å². The summed E-state index contributed by atoms with van der Waals surface area (Å²) in [5.74, 6) is 0.645. The van der Waals surface area contributed by atoms with Gasteiger partial charge in [0, 0.05) is 0 Å². The van der Waals surface area contributed by atoms with Crippen LogP contribution in [0.5, 0.6) is 0 Å². The van der Waals surface area contributed by atoms with E-state index in [1.54, 1.807) is 22.3 Å². The van der Waals surface area contributed by atoms with Gasteiger partial charge in [0.15, 0.2) is 0 Å². The minimum Gasteiger partial charge on any atom is -1.00 e. The molecule has 3 atom stereocenters. The van der Waals surface area contributed by atoms with Crippen molar-refractivity contribution in [2.45, 2.75) is 54.2 Å². The molecule has 0 fully saturated rings. The van der Waals surface area contributed by atoms with Gasteiger partial charge in [-0.2, -0.15) is 0 Å². The van der Waals surface area contributed by atoms with E-state index >= 15 is 0 Å². The first-order valence-corrected chi connectivity index (χ1v) is 20.3. The summed E-state index contributed by atoms with van der Waals surface area (Å²) in [4.78, 5) is 0. The van der Waals surface area contributed by atoms with E-state index in [-0.39, 0.29) is 24.8 Å². The maximum atomic E-state index is 2.66. The first kappa shape index (κ1) is 35.6. The van der Waals surface area contributed by atoms with Crippen LogP contribution in [-0.4, -0.2) is 0 Å². The van der Waals surface area contributed by atoms with Gasteiger partial charge in [0.05, 0.1) is 0 Å². The van der Waals surface area contributed by atoms with Crippen LogP contribution in [0.4, 0.5) is 0 Å². The van der Waals surface area contributed by atoms with Crippen molar-refractivity contribution in [1.82, 2.24) is 0 Å². The van der Waals surface area contributed by atoms with Crippen molar-refractivity contribution < 1.29 is 48.0 Å². The van der Waals surface area contributed by atoms with Gasteiger partial charge in [-0.3, -0.25) is 0 Å². The second-order valence-electron chi connectivity index (χ2n) is 13.6. The second-order valence-corrected chi connectivity index (χ2v) is 17.2. The fourth-order valence-electron chi connectivity index (χ4n) is 8.51. The van der Waals surface area contributed by atoms with Gasteiger partial charge in [0.1, 0.15) is 0 Å². The SMILES string of the molecule is CCCC(CC)C1=Cc2c(-c3cccc4ccccc34)cccc2[CH]1[Zr+2][CH]1C(C)=Cc2c(-c3cccc4ccccc34)ccc(C)c21.[Cl-].[Cl-]. The van der Waals surface area contributed by atoms with Gasteiger partial charge in [-0.25, -0.2) is 0 Å². The van der Waals surface area contributed by atoms with E-state index in [0.29, 0.717) is 13.2 Å². The van der Waals surface area contributed by atoms with Crippen molar-refractivity contribution in [2.75, 3.05) is 0 Å². The average molecular weight is 757 g/mol. The number of rotatable bonds is 8. The molecular formula is C46H42Cl2Zr. The molecule has 0 heterocycles. The second kappa shape index (κ2) is 14.9. The van der Waals surface area contributed by atoms with Crippen molar-refractivity contribution in [3.8, 4) is 22.3 Å². The molecule has 2 aliphatic carbocycles. The van der Waals surface area contributed by atoms with E-state index in [0.717, 1.165) is 0 Å². The van der Waals surface area contributed by atoms with Crippen LogP contribution in [0.2, 0.25) is 0 Å². The molecule has 0 radical (unpaired) electrons. The molecule has 0 nitrogen and oxygen atoms in total. The third-order valence-electron chi connectivity index (χ3n) is 10.8. The fraction of sp³-hybridized carbons (Fsp3) is 0.217. The van der Waals surface area contributed by atoms with E-state index < -0.39 is 23.2 Å². The van der Waals surface area contributed by atoms with Crippen molar-refractivity contribution in [3.63, 3.8) is 0 Å². The van der Waals surface area contributed by atoms with E-state index in [1.165, 1.54) is 79.8 Å². The molecule has 0 saturated heterocycles. The Bertz CT molecular complexity index is 2210. The Kier molecular flexibility index (Phi) is 10.9. The number of benzene rings is 6. The third-order valence-corrected chi connectivity index (χ3v) is 15.9. The topological polar surface area (TPSA) is 0 Å². The Morgan fingerprint density at radius 1 is 0.571 bits per heavy atom. The molecule has 2 aliphatic rings. The summed E-state index contributed by atoms with van der Waals surface area (Å²) in [5.41, 5.74) is 16.4. The molecule has 0 saturated carbocycles. The van der Waals surface area contributed by atoms with Crippen LogP contribution in [0.25, 0.3) is 56.0 Å². The average Bonchev–Trinajstić information content (AvgIpc) is 3.64. The zero-order valence-corrected chi connectivity index (χ0v) is 32.7. The summed E-state index contributed by atoms with van der Waals surface area (Å²) in [5, 5.41) is 5.32. The van der Waals surface area contributed by atoms with Gasteiger partial charge in [-0.1, -0.05) is 0 Å². The standard InChI is InChI=1S/C25H25.C21H17.2ClH.Zr/c1-3-9-18(4-2)21-16-20-12-8-15-24(25(20)17-21)23-14-7-11-19-10-5-6-13-22(19)23;1-14-12-20-15(2)10-11-19(21(20)13-14)18-9-5-7-16-6-3-4-8-17(16)18;;;/h5-8,10-18H,3-4,9H2,1-2H3;3-13H,1-2H3;2*1H;/q;;;;+2/p-2. The van der Waals surface area contributed by atoms with Gasteiger partial charge in [-0.05, 0) is 0 Å². The molecular weight excluding hydrogens is 715 g/mol. The first-order chi connectivity index (χ1) is 23.1. The Labute approximate surface area is 316 Å². The zero-order chi connectivity index (χ0) is 32.1. The number of fused-ring (bicyclic) bond motifs is 4. The maximum absolute atomic E-state index is 2.66.